The van der Waals surface area contributed by atoms with Gasteiger partial charge in [0, 0.05) is 19.2 Å². The third-order valence-corrected chi connectivity index (χ3v) is 7.21. The molecule has 1 N–H and O–H groups in total. The van der Waals surface area contributed by atoms with Crippen LogP contribution in [0.5, 0.6) is 11.5 Å². The lowest BCUT2D eigenvalue weighted by atomic mass is 10.1. The molecule has 11 heteroatoms. The van der Waals surface area contributed by atoms with E-state index in [4.69, 9.17) is 21.1 Å². The maximum absolute atomic E-state index is 13.3. The Morgan fingerprint density at radius 3 is 2.32 bits per heavy atom. The molecule has 0 aliphatic rings. The van der Waals surface area contributed by atoms with Crippen molar-refractivity contribution in [3.05, 3.63) is 51.9 Å². The second-order valence-electron chi connectivity index (χ2n) is 6.43. The summed E-state index contributed by atoms with van der Waals surface area (Å²) in [6.07, 6.45) is 0. The number of hydrogen-bond donors (Lipinski definition) is 1. The van der Waals surface area contributed by atoms with E-state index in [9.17, 15) is 13.2 Å². The summed E-state index contributed by atoms with van der Waals surface area (Å²) in [4.78, 5) is 12.5. The molecule has 9 nitrogen and oxygen atoms in total. The maximum atomic E-state index is 13.3. The van der Waals surface area contributed by atoms with E-state index >= 15 is 0 Å². The van der Waals surface area contributed by atoms with Crippen molar-refractivity contribution in [2.75, 3.05) is 27.3 Å². The molecule has 1 heterocycles. The van der Waals surface area contributed by atoms with Crippen molar-refractivity contribution in [2.24, 2.45) is 0 Å². The zero-order valence-corrected chi connectivity index (χ0v) is 19.1. The fourth-order valence-electron chi connectivity index (χ4n) is 3.28. The Labute approximate surface area is 185 Å². The van der Waals surface area contributed by atoms with Crippen molar-refractivity contribution < 1.29 is 17.9 Å². The van der Waals surface area contributed by atoms with Crippen molar-refractivity contribution in [2.45, 2.75) is 18.7 Å². The Morgan fingerprint density at radius 1 is 1.10 bits per heavy atom. The predicted octanol–water partition coefficient (Wildman–Crippen LogP) is 2.93. The third kappa shape index (κ3) is 4.06. The molecule has 3 rings (SSSR count). The number of nitrogens with zero attached hydrogens (tertiary/aromatic N) is 3. The lowest BCUT2D eigenvalue weighted by Gasteiger charge is -2.21. The summed E-state index contributed by atoms with van der Waals surface area (Å²) in [5.41, 5.74) is 0.144. The van der Waals surface area contributed by atoms with Gasteiger partial charge in [-0.1, -0.05) is 37.6 Å². The Kier molecular flexibility index (Phi) is 6.73. The number of rotatable bonds is 8. The van der Waals surface area contributed by atoms with Gasteiger partial charge in [0.25, 0.3) is 0 Å². The van der Waals surface area contributed by atoms with E-state index in [0.717, 1.165) is 0 Å². The molecule has 0 bridgehead atoms. The molecular formula is C20H23ClN4O5S. The third-order valence-electron chi connectivity index (χ3n) is 4.82. The number of H-pyrrole nitrogens is 1. The van der Waals surface area contributed by atoms with Gasteiger partial charge in [-0.3, -0.25) is 0 Å². The average Bonchev–Trinajstić information content (AvgIpc) is 3.14. The number of methoxy groups -OCH3 is 2. The Balaban J connectivity index is 2.34. The van der Waals surface area contributed by atoms with E-state index in [1.807, 2.05) is 0 Å². The van der Waals surface area contributed by atoms with Crippen LogP contribution in [0.3, 0.4) is 0 Å². The highest BCUT2D eigenvalue weighted by Gasteiger charge is 2.29. The molecule has 166 valence electrons. The zero-order valence-electron chi connectivity index (χ0n) is 17.5. The van der Waals surface area contributed by atoms with Gasteiger partial charge in [-0.05, 0) is 18.2 Å². The average molecular weight is 467 g/mol. The standard InChI is InChI=1S/C20H23ClN4O5S/c1-5-24(6-2)31(27,28)18-11-13(16(29-3)12-17(18)30-4)19-22-23-20(26)25(19)15-10-8-7-9-14(15)21/h7-12H,5-6H2,1-4H3,(H,23,26). The van der Waals surface area contributed by atoms with Crippen molar-refractivity contribution in [1.29, 1.82) is 0 Å². The summed E-state index contributed by atoms with van der Waals surface area (Å²) in [6.45, 7) is 4.08. The molecule has 0 saturated carbocycles. The van der Waals surface area contributed by atoms with Crippen LogP contribution in [0.15, 0.2) is 46.1 Å². The quantitative estimate of drug-likeness (QED) is 0.547. The maximum Gasteiger partial charge on any atom is 0.348 e. The van der Waals surface area contributed by atoms with Crippen LogP contribution in [0.1, 0.15) is 13.8 Å². The highest BCUT2D eigenvalue weighted by molar-refractivity contribution is 7.89. The number of aromatic amines is 1. The smallest absolute Gasteiger partial charge is 0.348 e. The zero-order chi connectivity index (χ0) is 22.8. The van der Waals surface area contributed by atoms with Gasteiger partial charge in [0.15, 0.2) is 5.82 Å². The molecule has 0 atom stereocenters. The SMILES string of the molecule is CCN(CC)S(=O)(=O)c1cc(-c2n[nH]c(=O)n2-c2ccccc2Cl)c(OC)cc1OC. The van der Waals surface area contributed by atoms with Crippen molar-refractivity contribution in [3.8, 4) is 28.6 Å². The molecule has 3 aromatic rings. The fourth-order valence-corrected chi connectivity index (χ4v) is 5.12. The fraction of sp³-hybridized carbons (Fsp3) is 0.300. The van der Waals surface area contributed by atoms with Crippen molar-refractivity contribution >= 4 is 21.6 Å². The minimum absolute atomic E-state index is 0.0596. The minimum atomic E-state index is -3.88. The number of ether oxygens (including phenoxy) is 2. The van der Waals surface area contributed by atoms with Crippen molar-refractivity contribution in [1.82, 2.24) is 19.1 Å². The Hall–Kier alpha value is -2.82. The van der Waals surface area contributed by atoms with Gasteiger partial charge in [0.1, 0.15) is 16.4 Å². The summed E-state index contributed by atoms with van der Waals surface area (Å²) >= 11 is 6.30. The van der Waals surface area contributed by atoms with E-state index in [1.54, 1.807) is 38.1 Å². The molecule has 0 saturated heterocycles. The first-order valence-electron chi connectivity index (χ1n) is 9.48. The van der Waals surface area contributed by atoms with E-state index < -0.39 is 15.7 Å². The van der Waals surface area contributed by atoms with Crippen LogP contribution in [0.2, 0.25) is 5.02 Å². The highest BCUT2D eigenvalue weighted by Crippen LogP contribution is 2.39. The van der Waals surface area contributed by atoms with Gasteiger partial charge >= 0.3 is 5.69 Å². The van der Waals surface area contributed by atoms with E-state index in [0.29, 0.717) is 10.7 Å². The summed E-state index contributed by atoms with van der Waals surface area (Å²) in [5.74, 6) is 0.547. The van der Waals surface area contributed by atoms with Gasteiger partial charge in [-0.15, -0.1) is 0 Å². The molecule has 0 fully saturated rings. The molecule has 31 heavy (non-hydrogen) atoms. The molecule has 2 aromatic carbocycles. The van der Waals surface area contributed by atoms with Gasteiger partial charge in [-0.2, -0.15) is 9.40 Å². The molecule has 0 aliphatic heterocycles. The first-order valence-corrected chi connectivity index (χ1v) is 11.3. The van der Waals surface area contributed by atoms with Gasteiger partial charge < -0.3 is 9.47 Å². The largest absolute Gasteiger partial charge is 0.496 e. The lowest BCUT2D eigenvalue weighted by Crippen LogP contribution is -2.31. The second kappa shape index (κ2) is 9.13. The van der Waals surface area contributed by atoms with Crippen LogP contribution >= 0.6 is 11.6 Å². The monoisotopic (exact) mass is 466 g/mol. The minimum Gasteiger partial charge on any atom is -0.496 e. The second-order valence-corrected chi connectivity index (χ2v) is 8.75. The summed E-state index contributed by atoms with van der Waals surface area (Å²) in [5, 5.41) is 6.84. The molecular weight excluding hydrogens is 444 g/mol. The van der Waals surface area contributed by atoms with Crippen LogP contribution < -0.4 is 15.2 Å². The van der Waals surface area contributed by atoms with Gasteiger partial charge in [-0.25, -0.2) is 22.9 Å². The number of para-hydroxylation sites is 1. The highest BCUT2D eigenvalue weighted by atomic mass is 35.5. The number of benzene rings is 2. The van der Waals surface area contributed by atoms with Crippen molar-refractivity contribution in [3.63, 3.8) is 0 Å². The van der Waals surface area contributed by atoms with Crippen LogP contribution in [0.25, 0.3) is 17.1 Å². The number of aromatic nitrogens is 3. The lowest BCUT2D eigenvalue weighted by molar-refractivity contribution is 0.382. The Bertz CT molecular complexity index is 1250. The molecule has 0 radical (unpaired) electrons. The van der Waals surface area contributed by atoms with E-state index in [1.165, 1.54) is 35.2 Å². The number of nitrogens with one attached hydrogen (secondary N) is 1. The number of sulfonamides is 1. The first-order chi connectivity index (χ1) is 14.8. The van der Waals surface area contributed by atoms with Crippen LogP contribution in [0, 0.1) is 0 Å². The first kappa shape index (κ1) is 22.9. The summed E-state index contributed by atoms with van der Waals surface area (Å²) in [6, 6.07) is 9.62. The normalized spacial score (nSPS) is 11.7. The van der Waals surface area contributed by atoms with Crippen LogP contribution in [-0.2, 0) is 10.0 Å². The number of halogens is 1. The van der Waals surface area contributed by atoms with Gasteiger partial charge in [0.2, 0.25) is 10.0 Å². The van der Waals surface area contributed by atoms with Crippen LogP contribution in [-0.4, -0.2) is 54.8 Å². The number of hydrogen-bond acceptors (Lipinski definition) is 6. The van der Waals surface area contributed by atoms with E-state index in [2.05, 4.69) is 10.2 Å². The molecule has 0 amide bonds. The van der Waals surface area contributed by atoms with E-state index in [-0.39, 0.29) is 40.9 Å². The molecule has 0 unspecified atom stereocenters. The van der Waals surface area contributed by atoms with Crippen LogP contribution in [0.4, 0.5) is 0 Å². The summed E-state index contributed by atoms with van der Waals surface area (Å²) in [7, 11) is -1.07. The molecule has 0 aliphatic carbocycles. The summed E-state index contributed by atoms with van der Waals surface area (Å²) < 4.78 is 39.9. The topological polar surface area (TPSA) is 107 Å². The molecule has 0 spiro atoms. The van der Waals surface area contributed by atoms with Gasteiger partial charge in [0.05, 0.1) is 30.5 Å². The Morgan fingerprint density at radius 2 is 1.74 bits per heavy atom. The molecule has 1 aromatic heterocycles. The predicted molar refractivity (Wildman–Crippen MR) is 118 cm³/mol.